The average molecular weight is 222 g/mol. The van der Waals surface area contributed by atoms with E-state index in [2.05, 4.69) is 14.9 Å². The first kappa shape index (κ1) is 11.1. The molecule has 2 heterocycles. The molecule has 1 aliphatic rings. The zero-order chi connectivity index (χ0) is 11.4. The van der Waals surface area contributed by atoms with Crippen LogP contribution in [0.25, 0.3) is 0 Å². The smallest absolute Gasteiger partial charge is 0.227 e. The van der Waals surface area contributed by atoms with Crippen molar-refractivity contribution in [2.24, 2.45) is 0 Å². The first-order chi connectivity index (χ1) is 7.79. The predicted octanol–water partition coefficient (Wildman–Crippen LogP) is 1.06. The SMILES string of the molecule is CCOC1CCCN(c2nccc(N)n2)C1. The summed E-state index contributed by atoms with van der Waals surface area (Å²) in [5, 5.41) is 0. The minimum atomic E-state index is 0.295. The van der Waals surface area contributed by atoms with Gasteiger partial charge in [0.2, 0.25) is 5.95 Å². The zero-order valence-electron chi connectivity index (χ0n) is 9.59. The molecule has 0 amide bonds. The fraction of sp³-hybridized carbons (Fsp3) is 0.636. The molecule has 2 rings (SSSR count). The van der Waals surface area contributed by atoms with E-state index in [0.717, 1.165) is 32.5 Å². The molecule has 1 saturated heterocycles. The molecule has 1 aliphatic heterocycles. The van der Waals surface area contributed by atoms with E-state index >= 15 is 0 Å². The minimum absolute atomic E-state index is 0.295. The third-order valence-electron chi connectivity index (χ3n) is 2.73. The normalized spacial score (nSPS) is 21.1. The standard InChI is InChI=1S/C11H18N4O/c1-2-16-9-4-3-7-15(8-9)11-13-6-5-10(12)14-11/h5-6,9H,2-4,7-8H2,1H3,(H2,12,13,14). The Morgan fingerprint density at radius 3 is 3.25 bits per heavy atom. The van der Waals surface area contributed by atoms with Crippen molar-refractivity contribution in [1.29, 1.82) is 0 Å². The van der Waals surface area contributed by atoms with Gasteiger partial charge in [-0.25, -0.2) is 4.98 Å². The van der Waals surface area contributed by atoms with Gasteiger partial charge < -0.3 is 15.4 Å². The van der Waals surface area contributed by atoms with Crippen molar-refractivity contribution < 1.29 is 4.74 Å². The number of aromatic nitrogens is 2. The Bertz CT molecular complexity index is 343. The topological polar surface area (TPSA) is 64.3 Å². The second-order valence-corrected chi connectivity index (χ2v) is 3.95. The highest BCUT2D eigenvalue weighted by molar-refractivity contribution is 5.38. The summed E-state index contributed by atoms with van der Waals surface area (Å²) in [5.41, 5.74) is 5.65. The molecule has 1 atom stereocenters. The summed E-state index contributed by atoms with van der Waals surface area (Å²) in [6.45, 7) is 4.62. The van der Waals surface area contributed by atoms with E-state index in [1.165, 1.54) is 0 Å². The van der Waals surface area contributed by atoms with Crippen LogP contribution in [-0.2, 0) is 4.74 Å². The second kappa shape index (κ2) is 5.12. The number of piperidine rings is 1. The summed E-state index contributed by atoms with van der Waals surface area (Å²) >= 11 is 0. The van der Waals surface area contributed by atoms with Crippen LogP contribution < -0.4 is 10.6 Å². The molecule has 0 bridgehead atoms. The third-order valence-corrected chi connectivity index (χ3v) is 2.73. The van der Waals surface area contributed by atoms with E-state index in [9.17, 15) is 0 Å². The van der Waals surface area contributed by atoms with E-state index in [4.69, 9.17) is 10.5 Å². The van der Waals surface area contributed by atoms with Gasteiger partial charge in [-0.1, -0.05) is 0 Å². The molecule has 0 aromatic carbocycles. The summed E-state index contributed by atoms with van der Waals surface area (Å²) in [7, 11) is 0. The first-order valence-electron chi connectivity index (χ1n) is 5.74. The Kier molecular flexibility index (Phi) is 3.56. The van der Waals surface area contributed by atoms with Crippen LogP contribution in [0.3, 0.4) is 0 Å². The number of nitrogens with zero attached hydrogens (tertiary/aromatic N) is 3. The van der Waals surface area contributed by atoms with Crippen molar-refractivity contribution in [1.82, 2.24) is 9.97 Å². The summed E-state index contributed by atoms with van der Waals surface area (Å²) in [5.74, 6) is 1.23. The van der Waals surface area contributed by atoms with Crippen LogP contribution >= 0.6 is 0 Å². The highest BCUT2D eigenvalue weighted by Gasteiger charge is 2.21. The maximum atomic E-state index is 5.65. The fourth-order valence-corrected chi connectivity index (χ4v) is 2.01. The van der Waals surface area contributed by atoms with Crippen LogP contribution in [0.5, 0.6) is 0 Å². The van der Waals surface area contributed by atoms with Gasteiger partial charge in [0.05, 0.1) is 6.10 Å². The van der Waals surface area contributed by atoms with Gasteiger partial charge in [0.1, 0.15) is 5.82 Å². The lowest BCUT2D eigenvalue weighted by Gasteiger charge is -2.32. The summed E-state index contributed by atoms with van der Waals surface area (Å²) in [6, 6.07) is 1.70. The number of nitrogens with two attached hydrogens (primary N) is 1. The van der Waals surface area contributed by atoms with E-state index in [0.29, 0.717) is 17.9 Å². The molecule has 1 unspecified atom stereocenters. The highest BCUT2D eigenvalue weighted by atomic mass is 16.5. The molecule has 0 aliphatic carbocycles. The number of hydrogen-bond donors (Lipinski definition) is 1. The van der Waals surface area contributed by atoms with Gasteiger partial charge >= 0.3 is 0 Å². The van der Waals surface area contributed by atoms with Gasteiger partial charge in [-0.05, 0) is 25.8 Å². The number of hydrogen-bond acceptors (Lipinski definition) is 5. The Morgan fingerprint density at radius 1 is 1.62 bits per heavy atom. The quantitative estimate of drug-likeness (QED) is 0.828. The Morgan fingerprint density at radius 2 is 2.50 bits per heavy atom. The molecule has 2 N–H and O–H groups in total. The third kappa shape index (κ3) is 2.61. The van der Waals surface area contributed by atoms with Crippen molar-refractivity contribution in [2.45, 2.75) is 25.9 Å². The molecule has 5 heteroatoms. The van der Waals surface area contributed by atoms with E-state index in [1.807, 2.05) is 6.92 Å². The number of ether oxygens (including phenoxy) is 1. The lowest BCUT2D eigenvalue weighted by molar-refractivity contribution is 0.0523. The van der Waals surface area contributed by atoms with Gasteiger partial charge in [0.25, 0.3) is 0 Å². The van der Waals surface area contributed by atoms with E-state index < -0.39 is 0 Å². The Balaban J connectivity index is 2.03. The molecule has 88 valence electrons. The van der Waals surface area contributed by atoms with Gasteiger partial charge in [0, 0.05) is 25.9 Å². The average Bonchev–Trinajstić information content (AvgIpc) is 2.30. The molecule has 1 aromatic heterocycles. The first-order valence-corrected chi connectivity index (χ1v) is 5.74. The van der Waals surface area contributed by atoms with Crippen LogP contribution in [0, 0.1) is 0 Å². The highest BCUT2D eigenvalue weighted by Crippen LogP contribution is 2.18. The summed E-state index contributed by atoms with van der Waals surface area (Å²) in [4.78, 5) is 10.6. The fourth-order valence-electron chi connectivity index (χ4n) is 2.01. The summed E-state index contributed by atoms with van der Waals surface area (Å²) < 4.78 is 5.64. The Labute approximate surface area is 95.6 Å². The molecule has 16 heavy (non-hydrogen) atoms. The van der Waals surface area contributed by atoms with Crippen molar-refractivity contribution >= 4 is 11.8 Å². The number of rotatable bonds is 3. The van der Waals surface area contributed by atoms with E-state index in [1.54, 1.807) is 12.3 Å². The molecule has 1 aromatic rings. The molecule has 5 nitrogen and oxygen atoms in total. The zero-order valence-corrected chi connectivity index (χ0v) is 9.59. The van der Waals surface area contributed by atoms with Crippen molar-refractivity contribution in [3.8, 4) is 0 Å². The van der Waals surface area contributed by atoms with Crippen LogP contribution in [-0.4, -0.2) is 35.8 Å². The van der Waals surface area contributed by atoms with Crippen LogP contribution in [0.1, 0.15) is 19.8 Å². The van der Waals surface area contributed by atoms with Crippen LogP contribution in [0.2, 0.25) is 0 Å². The summed E-state index contributed by atoms with van der Waals surface area (Å²) in [6.07, 6.45) is 4.22. The molecular formula is C11H18N4O. The molecule has 0 radical (unpaired) electrons. The largest absolute Gasteiger partial charge is 0.384 e. The van der Waals surface area contributed by atoms with Crippen LogP contribution in [0.15, 0.2) is 12.3 Å². The lowest BCUT2D eigenvalue weighted by atomic mass is 10.1. The minimum Gasteiger partial charge on any atom is -0.384 e. The van der Waals surface area contributed by atoms with E-state index in [-0.39, 0.29) is 0 Å². The van der Waals surface area contributed by atoms with Gasteiger partial charge in [-0.3, -0.25) is 0 Å². The van der Waals surface area contributed by atoms with Gasteiger partial charge in [-0.2, -0.15) is 4.98 Å². The van der Waals surface area contributed by atoms with Crippen molar-refractivity contribution in [3.05, 3.63) is 12.3 Å². The van der Waals surface area contributed by atoms with Gasteiger partial charge in [0.15, 0.2) is 0 Å². The maximum absolute atomic E-state index is 5.65. The maximum Gasteiger partial charge on any atom is 0.227 e. The molecule has 1 fully saturated rings. The van der Waals surface area contributed by atoms with Crippen molar-refractivity contribution in [2.75, 3.05) is 30.3 Å². The number of nitrogen functional groups attached to an aromatic ring is 1. The van der Waals surface area contributed by atoms with Crippen molar-refractivity contribution in [3.63, 3.8) is 0 Å². The predicted molar refractivity (Wildman–Crippen MR) is 63.3 cm³/mol. The lowest BCUT2D eigenvalue weighted by Crippen LogP contribution is -2.40. The molecule has 0 spiro atoms. The Hall–Kier alpha value is -1.36. The monoisotopic (exact) mass is 222 g/mol. The van der Waals surface area contributed by atoms with Gasteiger partial charge in [-0.15, -0.1) is 0 Å². The molecule has 0 saturated carbocycles. The molecular weight excluding hydrogens is 204 g/mol. The van der Waals surface area contributed by atoms with Crippen LogP contribution in [0.4, 0.5) is 11.8 Å². The second-order valence-electron chi connectivity index (χ2n) is 3.95. The number of anilines is 2.